The first kappa shape index (κ1) is 20.9. The monoisotopic (exact) mass is 437 g/mol. The Morgan fingerprint density at radius 1 is 1.16 bits per heavy atom. The van der Waals surface area contributed by atoms with Gasteiger partial charge in [0.1, 0.15) is 11.6 Å². The Hall–Kier alpha value is -4.39. The van der Waals surface area contributed by atoms with Gasteiger partial charge in [0, 0.05) is 11.6 Å². The third kappa shape index (κ3) is 3.96. The van der Waals surface area contributed by atoms with Gasteiger partial charge in [-0.15, -0.1) is 0 Å². The third-order valence-corrected chi connectivity index (χ3v) is 4.62. The van der Waals surface area contributed by atoms with Crippen LogP contribution in [0.3, 0.4) is 0 Å². The van der Waals surface area contributed by atoms with E-state index in [1.54, 1.807) is 12.1 Å². The summed E-state index contributed by atoms with van der Waals surface area (Å²) in [5, 5.41) is 11.5. The summed E-state index contributed by atoms with van der Waals surface area (Å²) < 4.78 is 46.9. The number of imidazole rings is 1. The lowest BCUT2D eigenvalue weighted by atomic mass is 10.1. The van der Waals surface area contributed by atoms with E-state index in [1.807, 2.05) is 6.07 Å². The van der Waals surface area contributed by atoms with Gasteiger partial charge in [-0.3, -0.25) is 9.36 Å². The molecule has 0 aliphatic rings. The minimum Gasteiger partial charge on any atom is -0.497 e. The van der Waals surface area contributed by atoms with Crippen molar-refractivity contribution in [2.75, 3.05) is 12.4 Å². The zero-order chi connectivity index (χ0) is 22.9. The van der Waals surface area contributed by atoms with Gasteiger partial charge in [-0.05, 0) is 42.5 Å². The average molecular weight is 437 g/mol. The fourth-order valence-electron chi connectivity index (χ4n) is 3.15. The summed E-state index contributed by atoms with van der Waals surface area (Å²) in [5.41, 5.74) is 1.04. The van der Waals surface area contributed by atoms with Gasteiger partial charge < -0.3 is 10.1 Å². The number of amides is 1. The van der Waals surface area contributed by atoms with Crippen molar-refractivity contribution < 1.29 is 22.7 Å². The zero-order valence-corrected chi connectivity index (χ0v) is 16.5. The van der Waals surface area contributed by atoms with Gasteiger partial charge in [-0.25, -0.2) is 9.97 Å². The Balaban J connectivity index is 1.68. The molecule has 0 saturated heterocycles. The van der Waals surface area contributed by atoms with E-state index in [1.165, 1.54) is 55.8 Å². The highest BCUT2D eigenvalue weighted by atomic mass is 19.4. The van der Waals surface area contributed by atoms with Gasteiger partial charge in [0.25, 0.3) is 5.91 Å². The lowest BCUT2D eigenvalue weighted by Gasteiger charge is -2.12. The number of carbonyl (C=O) groups excluding carboxylic acids is 1. The Kier molecular flexibility index (Phi) is 5.24. The number of fused-ring (bicyclic) bond motifs is 1. The van der Waals surface area contributed by atoms with E-state index >= 15 is 0 Å². The van der Waals surface area contributed by atoms with Gasteiger partial charge in [0.05, 0.1) is 41.7 Å². The molecule has 0 spiro atoms. The molecule has 0 atom stereocenters. The van der Waals surface area contributed by atoms with Crippen molar-refractivity contribution >= 4 is 22.8 Å². The summed E-state index contributed by atoms with van der Waals surface area (Å²) in [6, 6.07) is 15.3. The number of anilines is 1. The second-order valence-electron chi connectivity index (χ2n) is 6.67. The molecule has 2 aromatic heterocycles. The van der Waals surface area contributed by atoms with Gasteiger partial charge in [-0.2, -0.15) is 18.4 Å². The van der Waals surface area contributed by atoms with Crippen LogP contribution >= 0.6 is 0 Å². The number of nitriles is 1. The number of methoxy groups -OCH3 is 1. The highest BCUT2D eigenvalue weighted by Gasteiger charge is 2.38. The van der Waals surface area contributed by atoms with Crippen LogP contribution in [0.25, 0.3) is 16.7 Å². The molecule has 0 unspecified atom stereocenters. The molecule has 0 aliphatic carbocycles. The van der Waals surface area contributed by atoms with Crippen LogP contribution in [-0.4, -0.2) is 27.6 Å². The smallest absolute Gasteiger partial charge is 0.450 e. The van der Waals surface area contributed by atoms with Crippen LogP contribution < -0.4 is 10.1 Å². The van der Waals surface area contributed by atoms with Crippen molar-refractivity contribution in [2.24, 2.45) is 0 Å². The summed E-state index contributed by atoms with van der Waals surface area (Å²) in [6.07, 6.45) is -3.49. The molecule has 0 bridgehead atoms. The highest BCUT2D eigenvalue weighted by Crippen LogP contribution is 2.34. The number of halogens is 3. The maximum absolute atomic E-state index is 13.6. The topological polar surface area (TPSA) is 92.8 Å². The second kappa shape index (κ2) is 8.03. The average Bonchev–Trinajstić information content (AvgIpc) is 3.19. The number of hydrogen-bond acceptors (Lipinski definition) is 5. The summed E-state index contributed by atoms with van der Waals surface area (Å²) in [7, 11) is 1.41. The predicted molar refractivity (Wildman–Crippen MR) is 110 cm³/mol. The quantitative estimate of drug-likeness (QED) is 0.505. The molecule has 0 fully saturated rings. The second-order valence-corrected chi connectivity index (χ2v) is 6.67. The molecule has 2 heterocycles. The van der Waals surface area contributed by atoms with Crippen molar-refractivity contribution in [1.29, 1.82) is 5.26 Å². The molecule has 32 heavy (non-hydrogen) atoms. The number of ether oxygens (including phenoxy) is 1. The van der Waals surface area contributed by atoms with Crippen molar-refractivity contribution in [3.05, 3.63) is 77.7 Å². The number of alkyl halides is 3. The normalized spacial score (nSPS) is 11.2. The molecule has 7 nitrogen and oxygen atoms in total. The number of nitrogens with one attached hydrogen (secondary N) is 1. The van der Waals surface area contributed by atoms with Crippen LogP contribution in [-0.2, 0) is 6.18 Å². The van der Waals surface area contributed by atoms with Crippen LogP contribution in [0, 0.1) is 11.3 Å². The molecular formula is C22H14F3N5O2. The van der Waals surface area contributed by atoms with Crippen molar-refractivity contribution in [2.45, 2.75) is 6.18 Å². The summed E-state index contributed by atoms with van der Waals surface area (Å²) in [5.74, 6) is -1.08. The molecule has 4 aromatic rings. The van der Waals surface area contributed by atoms with E-state index in [2.05, 4.69) is 15.3 Å². The maximum Gasteiger partial charge on any atom is 0.450 e. The Morgan fingerprint density at radius 3 is 2.62 bits per heavy atom. The van der Waals surface area contributed by atoms with E-state index < -0.39 is 17.9 Å². The number of rotatable bonds is 4. The number of pyridine rings is 1. The molecule has 4 rings (SSSR count). The number of carbonyl (C=O) groups is 1. The predicted octanol–water partition coefficient (Wildman–Crippen LogP) is 4.57. The molecule has 160 valence electrons. The van der Waals surface area contributed by atoms with E-state index in [0.29, 0.717) is 11.3 Å². The van der Waals surface area contributed by atoms with Crippen LogP contribution in [0.4, 0.5) is 19.0 Å². The maximum atomic E-state index is 13.6. The Labute approximate surface area is 179 Å². The SMILES string of the molecule is COc1ccc2c(c1)nc(C(F)(F)F)n2-c1ccc(NC(=O)c2cccc(C#N)c2)nc1. The van der Waals surface area contributed by atoms with Crippen LogP contribution in [0.1, 0.15) is 21.7 Å². The van der Waals surface area contributed by atoms with Crippen molar-refractivity contribution in [3.8, 4) is 17.5 Å². The van der Waals surface area contributed by atoms with Crippen molar-refractivity contribution in [1.82, 2.24) is 14.5 Å². The third-order valence-electron chi connectivity index (χ3n) is 4.62. The fourth-order valence-corrected chi connectivity index (χ4v) is 3.15. The first-order valence-electron chi connectivity index (χ1n) is 9.22. The molecular weight excluding hydrogens is 423 g/mol. The summed E-state index contributed by atoms with van der Waals surface area (Å²) in [6.45, 7) is 0. The molecule has 0 aliphatic heterocycles. The lowest BCUT2D eigenvalue weighted by Crippen LogP contribution is -2.15. The zero-order valence-electron chi connectivity index (χ0n) is 16.5. The van der Waals surface area contributed by atoms with Crippen molar-refractivity contribution in [3.63, 3.8) is 0 Å². The van der Waals surface area contributed by atoms with Crippen LogP contribution in [0.2, 0.25) is 0 Å². The molecule has 0 saturated carbocycles. The number of benzene rings is 2. The molecule has 1 amide bonds. The summed E-state index contributed by atoms with van der Waals surface area (Å²) in [4.78, 5) is 20.2. The Morgan fingerprint density at radius 2 is 1.97 bits per heavy atom. The van der Waals surface area contributed by atoms with E-state index in [4.69, 9.17) is 10.00 Å². The van der Waals surface area contributed by atoms with E-state index in [9.17, 15) is 18.0 Å². The van der Waals surface area contributed by atoms with Gasteiger partial charge in [-0.1, -0.05) is 6.07 Å². The summed E-state index contributed by atoms with van der Waals surface area (Å²) >= 11 is 0. The largest absolute Gasteiger partial charge is 0.497 e. The lowest BCUT2D eigenvalue weighted by molar-refractivity contribution is -0.145. The Bertz CT molecular complexity index is 1350. The number of hydrogen-bond donors (Lipinski definition) is 1. The number of nitrogens with zero attached hydrogens (tertiary/aromatic N) is 4. The first-order valence-corrected chi connectivity index (χ1v) is 9.22. The molecule has 10 heteroatoms. The fraction of sp³-hybridized carbons (Fsp3) is 0.0909. The van der Waals surface area contributed by atoms with Gasteiger partial charge in [0.2, 0.25) is 5.82 Å². The van der Waals surface area contributed by atoms with Crippen LogP contribution in [0.5, 0.6) is 5.75 Å². The molecule has 0 radical (unpaired) electrons. The minimum absolute atomic E-state index is 0.117. The minimum atomic E-state index is -4.70. The molecule has 1 N–H and O–H groups in total. The molecule has 2 aromatic carbocycles. The van der Waals surface area contributed by atoms with Gasteiger partial charge in [0.15, 0.2) is 0 Å². The van der Waals surface area contributed by atoms with E-state index in [0.717, 1.165) is 4.57 Å². The van der Waals surface area contributed by atoms with Crippen LogP contribution in [0.15, 0.2) is 60.8 Å². The first-order chi connectivity index (χ1) is 15.3. The van der Waals surface area contributed by atoms with Gasteiger partial charge >= 0.3 is 6.18 Å². The highest BCUT2D eigenvalue weighted by molar-refractivity contribution is 6.04. The number of aromatic nitrogens is 3. The van der Waals surface area contributed by atoms with E-state index in [-0.39, 0.29) is 28.1 Å². The standard InChI is InChI=1S/C22H14F3N5O2/c1-32-16-6-7-18-17(10-16)28-21(22(23,24)25)30(18)15-5-8-19(27-12-15)29-20(31)14-4-2-3-13(9-14)11-26/h2-10,12H,1H3,(H,27,29,31).